The lowest BCUT2D eigenvalue weighted by Gasteiger charge is -2.32. The van der Waals surface area contributed by atoms with E-state index >= 15 is 0 Å². The Hall–Kier alpha value is -2.52. The molecule has 1 aliphatic rings. The molecule has 0 spiro atoms. The molecule has 11 heteroatoms. The first-order valence-corrected chi connectivity index (χ1v) is 9.67. The number of H-pyrrole nitrogens is 1. The number of amides is 2. The van der Waals surface area contributed by atoms with Gasteiger partial charge < -0.3 is 15.2 Å². The highest BCUT2D eigenvalue weighted by Gasteiger charge is 2.33. The van der Waals surface area contributed by atoms with Gasteiger partial charge in [0, 0.05) is 24.8 Å². The van der Waals surface area contributed by atoms with E-state index in [9.17, 15) is 27.6 Å². The van der Waals surface area contributed by atoms with Crippen molar-refractivity contribution in [3.05, 3.63) is 62.0 Å². The standard InChI is InChI=1S/C19H16Cl2F3N3O3/c20-13-4-3-10(6-14(13)21)18(30)27-5-1-2-11(9-27)16(28)26-15-7-12(19(22,23)24)8-25-17(15)29/h3-4,6-8,11H,1-2,5,9H2,(H,25,29)(H,26,28). The predicted octanol–water partition coefficient (Wildman–Crippen LogP) is 4.19. The van der Waals surface area contributed by atoms with Gasteiger partial charge in [-0.05, 0) is 37.1 Å². The average molecular weight is 462 g/mol. The van der Waals surface area contributed by atoms with Gasteiger partial charge in [0.1, 0.15) is 5.69 Å². The zero-order valence-corrected chi connectivity index (χ0v) is 16.9. The normalized spacial score (nSPS) is 17.0. The molecule has 0 bridgehead atoms. The summed E-state index contributed by atoms with van der Waals surface area (Å²) in [7, 11) is 0. The van der Waals surface area contributed by atoms with E-state index < -0.39 is 34.8 Å². The van der Waals surface area contributed by atoms with Crippen LogP contribution in [0, 0.1) is 5.92 Å². The predicted molar refractivity (Wildman–Crippen MR) is 106 cm³/mol. The number of alkyl halides is 3. The van der Waals surface area contributed by atoms with Crippen LogP contribution in [0.25, 0.3) is 0 Å². The third kappa shape index (κ3) is 4.96. The number of rotatable bonds is 3. The molecular formula is C19H16Cl2F3N3O3. The molecular weight excluding hydrogens is 446 g/mol. The molecule has 0 saturated carbocycles. The van der Waals surface area contributed by atoms with Crippen LogP contribution in [0.3, 0.4) is 0 Å². The van der Waals surface area contributed by atoms with Crippen LogP contribution in [0.1, 0.15) is 28.8 Å². The molecule has 2 amide bonds. The summed E-state index contributed by atoms with van der Waals surface area (Å²) in [5, 5.41) is 2.77. The highest BCUT2D eigenvalue weighted by atomic mass is 35.5. The van der Waals surface area contributed by atoms with Gasteiger partial charge in [0.2, 0.25) is 5.91 Å². The van der Waals surface area contributed by atoms with E-state index in [-0.39, 0.29) is 17.5 Å². The number of nitrogens with zero attached hydrogens (tertiary/aromatic N) is 1. The molecule has 1 unspecified atom stereocenters. The lowest BCUT2D eigenvalue weighted by atomic mass is 9.96. The molecule has 0 aliphatic carbocycles. The highest BCUT2D eigenvalue weighted by molar-refractivity contribution is 6.42. The van der Waals surface area contributed by atoms with Gasteiger partial charge in [-0.1, -0.05) is 23.2 Å². The summed E-state index contributed by atoms with van der Waals surface area (Å²) < 4.78 is 38.5. The van der Waals surface area contributed by atoms with Gasteiger partial charge in [0.15, 0.2) is 0 Å². The first kappa shape index (κ1) is 22.2. The van der Waals surface area contributed by atoms with Crippen LogP contribution in [-0.4, -0.2) is 34.8 Å². The lowest BCUT2D eigenvalue weighted by molar-refractivity contribution is -0.137. The number of carbonyl (C=O) groups excluding carboxylic acids is 2. The number of nitrogens with one attached hydrogen (secondary N) is 2. The van der Waals surface area contributed by atoms with Crippen LogP contribution in [0.2, 0.25) is 10.0 Å². The summed E-state index contributed by atoms with van der Waals surface area (Å²) in [5.41, 5.74) is -2.13. The number of halogens is 5. The minimum absolute atomic E-state index is 0.0573. The van der Waals surface area contributed by atoms with Gasteiger partial charge in [-0.3, -0.25) is 14.4 Å². The van der Waals surface area contributed by atoms with Crippen LogP contribution in [0.4, 0.5) is 18.9 Å². The fourth-order valence-electron chi connectivity index (χ4n) is 3.16. The van der Waals surface area contributed by atoms with Crippen LogP contribution >= 0.6 is 23.2 Å². The largest absolute Gasteiger partial charge is 0.417 e. The Morgan fingerprint density at radius 3 is 2.57 bits per heavy atom. The molecule has 1 saturated heterocycles. The smallest absolute Gasteiger partial charge is 0.338 e. The molecule has 1 aromatic carbocycles. The summed E-state index contributed by atoms with van der Waals surface area (Å²) in [6.45, 7) is 0.467. The maximum absolute atomic E-state index is 12.8. The molecule has 1 aromatic heterocycles. The molecule has 0 radical (unpaired) electrons. The van der Waals surface area contributed by atoms with Gasteiger partial charge in [-0.25, -0.2) is 0 Å². The molecule has 1 fully saturated rings. The molecule has 1 aliphatic heterocycles. The van der Waals surface area contributed by atoms with Crippen molar-refractivity contribution < 1.29 is 22.8 Å². The van der Waals surface area contributed by atoms with E-state index in [2.05, 4.69) is 5.32 Å². The third-order valence-electron chi connectivity index (χ3n) is 4.73. The van der Waals surface area contributed by atoms with Gasteiger partial charge in [-0.15, -0.1) is 0 Å². The van der Waals surface area contributed by atoms with Crippen LogP contribution in [-0.2, 0) is 11.0 Å². The number of benzene rings is 1. The summed E-state index contributed by atoms with van der Waals surface area (Å²) in [6, 6.07) is 5.02. The van der Waals surface area contributed by atoms with Crippen molar-refractivity contribution in [3.63, 3.8) is 0 Å². The maximum Gasteiger partial charge on any atom is 0.417 e. The van der Waals surface area contributed by atoms with Gasteiger partial charge >= 0.3 is 6.18 Å². The average Bonchev–Trinajstić information content (AvgIpc) is 2.70. The van der Waals surface area contributed by atoms with E-state index in [4.69, 9.17) is 23.2 Å². The fraction of sp³-hybridized carbons (Fsp3) is 0.316. The van der Waals surface area contributed by atoms with Gasteiger partial charge in [0.25, 0.3) is 11.5 Å². The zero-order chi connectivity index (χ0) is 22.1. The number of hydrogen-bond donors (Lipinski definition) is 2. The SMILES string of the molecule is O=C(Nc1cc(C(F)(F)F)c[nH]c1=O)C1CCCN(C(=O)c2ccc(Cl)c(Cl)c2)C1. The number of pyridine rings is 1. The van der Waals surface area contributed by atoms with Gasteiger partial charge in [-0.2, -0.15) is 13.2 Å². The van der Waals surface area contributed by atoms with Crippen molar-refractivity contribution in [1.29, 1.82) is 0 Å². The summed E-state index contributed by atoms with van der Waals surface area (Å²) in [5.74, 6) is -1.66. The fourth-order valence-corrected chi connectivity index (χ4v) is 3.46. The number of aromatic amines is 1. The number of aromatic nitrogens is 1. The zero-order valence-electron chi connectivity index (χ0n) is 15.4. The molecule has 2 heterocycles. The highest BCUT2D eigenvalue weighted by Crippen LogP contribution is 2.29. The number of carbonyl (C=O) groups is 2. The van der Waals surface area contributed by atoms with E-state index in [1.807, 2.05) is 4.98 Å². The minimum atomic E-state index is -4.67. The third-order valence-corrected chi connectivity index (χ3v) is 5.47. The monoisotopic (exact) mass is 461 g/mol. The molecule has 160 valence electrons. The van der Waals surface area contributed by atoms with Crippen molar-refractivity contribution in [2.75, 3.05) is 18.4 Å². The van der Waals surface area contributed by atoms with E-state index in [1.54, 1.807) is 0 Å². The summed E-state index contributed by atoms with van der Waals surface area (Å²) in [4.78, 5) is 40.5. The van der Waals surface area contributed by atoms with E-state index in [0.717, 1.165) is 0 Å². The second-order valence-corrected chi connectivity index (χ2v) is 7.65. The number of anilines is 1. The Labute approximate surface area is 179 Å². The molecule has 2 N–H and O–H groups in total. The van der Waals surface area contributed by atoms with E-state index in [1.165, 1.54) is 23.1 Å². The Balaban J connectivity index is 1.72. The Kier molecular flexibility index (Phi) is 6.42. The maximum atomic E-state index is 12.8. The summed E-state index contributed by atoms with van der Waals surface area (Å²) >= 11 is 11.8. The second-order valence-electron chi connectivity index (χ2n) is 6.84. The topological polar surface area (TPSA) is 82.3 Å². The van der Waals surface area contributed by atoms with Crippen LogP contribution in [0.15, 0.2) is 35.3 Å². The quantitative estimate of drug-likeness (QED) is 0.718. The van der Waals surface area contributed by atoms with Crippen molar-refractivity contribution in [2.45, 2.75) is 19.0 Å². The molecule has 6 nitrogen and oxygen atoms in total. The van der Waals surface area contributed by atoms with Gasteiger partial charge in [0.05, 0.1) is 21.5 Å². The van der Waals surface area contributed by atoms with Crippen molar-refractivity contribution in [3.8, 4) is 0 Å². The minimum Gasteiger partial charge on any atom is -0.338 e. The Morgan fingerprint density at radius 1 is 1.17 bits per heavy atom. The number of piperidine rings is 1. The molecule has 30 heavy (non-hydrogen) atoms. The molecule has 2 aromatic rings. The molecule has 1 atom stereocenters. The van der Waals surface area contributed by atoms with Crippen LogP contribution in [0.5, 0.6) is 0 Å². The first-order chi connectivity index (χ1) is 14.1. The molecule has 3 rings (SSSR count). The lowest BCUT2D eigenvalue weighted by Crippen LogP contribution is -2.44. The Bertz CT molecular complexity index is 1040. The first-order valence-electron chi connectivity index (χ1n) is 8.91. The van der Waals surface area contributed by atoms with Crippen molar-refractivity contribution in [1.82, 2.24) is 9.88 Å². The summed E-state index contributed by atoms with van der Waals surface area (Å²) in [6.07, 6.45) is -3.19. The van der Waals surface area contributed by atoms with Crippen LogP contribution < -0.4 is 10.9 Å². The number of likely N-dealkylation sites (tertiary alicyclic amines) is 1. The van der Waals surface area contributed by atoms with E-state index in [0.29, 0.717) is 42.2 Å². The Morgan fingerprint density at radius 2 is 1.90 bits per heavy atom. The van der Waals surface area contributed by atoms with Crippen molar-refractivity contribution >= 4 is 40.7 Å². The number of hydrogen-bond acceptors (Lipinski definition) is 3. The van der Waals surface area contributed by atoms with Crippen molar-refractivity contribution in [2.24, 2.45) is 5.92 Å². The second kappa shape index (κ2) is 8.69.